The van der Waals surface area contributed by atoms with E-state index >= 15 is 0 Å². The number of para-hydroxylation sites is 2. The molecule has 0 aliphatic rings. The maximum Gasteiger partial charge on any atom is 0.530 e. The fourth-order valence-electron chi connectivity index (χ4n) is 1.46. The van der Waals surface area contributed by atoms with E-state index in [0.29, 0.717) is 0 Å². The van der Waals surface area contributed by atoms with E-state index in [1.165, 1.54) is 36.4 Å². The number of halogens is 3. The molecule has 0 aromatic heterocycles. The highest BCUT2D eigenvalue weighted by atomic mass is 32.2. The van der Waals surface area contributed by atoms with Crippen LogP contribution in [-0.4, -0.2) is 13.9 Å². The molecule has 2 aromatic rings. The second kappa shape index (κ2) is 5.65. The van der Waals surface area contributed by atoms with Crippen LogP contribution >= 0.6 is 0 Å². The maximum atomic E-state index is 13.8. The topological polar surface area (TPSA) is 46.6 Å². The molecule has 21 heavy (non-hydrogen) atoms. The quantitative estimate of drug-likeness (QED) is 0.795. The molecule has 0 fully saturated rings. The minimum absolute atomic E-state index is 0.396. The zero-order valence-electron chi connectivity index (χ0n) is 10.5. The summed E-state index contributed by atoms with van der Waals surface area (Å²) in [6.07, 6.45) is 0. The van der Waals surface area contributed by atoms with Crippen LogP contribution in [-0.2, 0) is 10.0 Å². The van der Waals surface area contributed by atoms with Gasteiger partial charge in [0.05, 0.1) is 5.69 Å². The van der Waals surface area contributed by atoms with Gasteiger partial charge in [0, 0.05) is 0 Å². The van der Waals surface area contributed by atoms with Crippen LogP contribution in [0.1, 0.15) is 0 Å². The van der Waals surface area contributed by atoms with Gasteiger partial charge in [-0.3, -0.25) is 0 Å². The fourth-order valence-corrected chi connectivity index (χ4v) is 2.24. The van der Waals surface area contributed by atoms with E-state index in [-0.39, 0.29) is 0 Å². The summed E-state index contributed by atoms with van der Waals surface area (Å²) in [5, 5.41) is 0. The standard InChI is InChI=1S/C13H10F3NO3S/c14-13(15,20-12-9-5-2-6-10-12)21(18,19)17(16)11-7-3-1-4-8-11/h1-10H. The molecule has 0 saturated carbocycles. The van der Waals surface area contributed by atoms with Crippen LogP contribution in [0, 0.1) is 0 Å². The highest BCUT2D eigenvalue weighted by molar-refractivity contribution is 7.93. The van der Waals surface area contributed by atoms with E-state index in [2.05, 4.69) is 4.74 Å². The lowest BCUT2D eigenvalue weighted by molar-refractivity contribution is -0.0981. The molecule has 112 valence electrons. The SMILES string of the molecule is O=S(=O)(N(F)c1ccccc1)C(F)(F)Oc1ccccc1. The van der Waals surface area contributed by atoms with E-state index in [4.69, 9.17) is 0 Å². The van der Waals surface area contributed by atoms with Crippen molar-refractivity contribution in [3.63, 3.8) is 0 Å². The van der Waals surface area contributed by atoms with Gasteiger partial charge in [-0.05, 0) is 24.3 Å². The molecule has 0 spiro atoms. The smallest absolute Gasteiger partial charge is 0.419 e. The third-order valence-corrected chi connectivity index (χ3v) is 3.77. The molecule has 0 unspecified atom stereocenters. The first kappa shape index (κ1) is 15.2. The van der Waals surface area contributed by atoms with Crippen molar-refractivity contribution in [3.05, 3.63) is 60.7 Å². The summed E-state index contributed by atoms with van der Waals surface area (Å²) >= 11 is 0. The third-order valence-electron chi connectivity index (χ3n) is 2.45. The average molecular weight is 317 g/mol. The van der Waals surface area contributed by atoms with Crippen molar-refractivity contribution in [1.82, 2.24) is 0 Å². The molecule has 4 nitrogen and oxygen atoms in total. The molecule has 0 atom stereocenters. The van der Waals surface area contributed by atoms with Crippen LogP contribution in [0.5, 0.6) is 5.75 Å². The molecule has 0 N–H and O–H groups in total. The number of hydrogen-bond donors (Lipinski definition) is 0. The molecule has 0 aliphatic heterocycles. The van der Waals surface area contributed by atoms with Gasteiger partial charge in [0.15, 0.2) is 0 Å². The zero-order chi connectivity index (χ0) is 15.5. The summed E-state index contributed by atoms with van der Waals surface area (Å²) in [5.74, 6) is -0.396. The van der Waals surface area contributed by atoms with Crippen LogP contribution in [0.3, 0.4) is 0 Å². The molecule has 0 heterocycles. The molecule has 0 bridgehead atoms. The Hall–Kier alpha value is -2.22. The molecule has 2 aromatic carbocycles. The number of sulfonamides is 1. The number of hydrogen-bond acceptors (Lipinski definition) is 3. The predicted octanol–water partition coefficient (Wildman–Crippen LogP) is 3.34. The van der Waals surface area contributed by atoms with Gasteiger partial charge in [0.2, 0.25) is 0 Å². The van der Waals surface area contributed by atoms with Crippen molar-refractivity contribution < 1.29 is 26.4 Å². The Balaban J connectivity index is 2.29. The minimum Gasteiger partial charge on any atom is -0.419 e. The van der Waals surface area contributed by atoms with Crippen molar-refractivity contribution in [2.24, 2.45) is 0 Å². The Morgan fingerprint density at radius 2 is 1.38 bits per heavy atom. The van der Waals surface area contributed by atoms with Gasteiger partial charge in [-0.2, -0.15) is 8.42 Å². The largest absolute Gasteiger partial charge is 0.530 e. The van der Waals surface area contributed by atoms with E-state index < -0.39 is 31.4 Å². The summed E-state index contributed by atoms with van der Waals surface area (Å²) in [6, 6.07) is 12.7. The van der Waals surface area contributed by atoms with Crippen LogP contribution in [0.4, 0.5) is 18.9 Å². The van der Waals surface area contributed by atoms with Crippen molar-refractivity contribution in [3.8, 4) is 5.75 Å². The first-order valence-electron chi connectivity index (χ1n) is 5.72. The van der Waals surface area contributed by atoms with E-state index in [9.17, 15) is 21.7 Å². The first-order chi connectivity index (χ1) is 9.84. The van der Waals surface area contributed by atoms with Gasteiger partial charge in [0.25, 0.3) is 0 Å². The summed E-state index contributed by atoms with van der Waals surface area (Å²) < 4.78 is 67.6. The van der Waals surface area contributed by atoms with Crippen molar-refractivity contribution in [2.75, 3.05) is 4.53 Å². The number of anilines is 1. The van der Waals surface area contributed by atoms with Crippen LogP contribution in [0.15, 0.2) is 60.7 Å². The lowest BCUT2D eigenvalue weighted by atomic mass is 10.3. The number of ether oxygens (including phenoxy) is 1. The van der Waals surface area contributed by atoms with E-state index in [1.807, 2.05) is 0 Å². The van der Waals surface area contributed by atoms with Crippen molar-refractivity contribution >= 4 is 15.7 Å². The monoisotopic (exact) mass is 317 g/mol. The molecular weight excluding hydrogens is 307 g/mol. The lowest BCUT2D eigenvalue weighted by Crippen LogP contribution is -2.43. The van der Waals surface area contributed by atoms with Crippen LogP contribution in [0.25, 0.3) is 0 Å². The predicted molar refractivity (Wildman–Crippen MR) is 71.0 cm³/mol. The Morgan fingerprint density at radius 3 is 1.90 bits per heavy atom. The Labute approximate surface area is 119 Å². The van der Waals surface area contributed by atoms with Gasteiger partial charge >= 0.3 is 15.5 Å². The number of alkyl halides is 2. The highest BCUT2D eigenvalue weighted by Gasteiger charge is 2.53. The van der Waals surface area contributed by atoms with Gasteiger partial charge < -0.3 is 4.74 Å². The highest BCUT2D eigenvalue weighted by Crippen LogP contribution is 2.32. The minimum atomic E-state index is -5.68. The summed E-state index contributed by atoms with van der Waals surface area (Å²) in [6.45, 7) is 0. The molecule has 0 saturated heterocycles. The third kappa shape index (κ3) is 3.10. The Morgan fingerprint density at radius 1 is 0.905 bits per heavy atom. The molecule has 2 rings (SSSR count). The van der Waals surface area contributed by atoms with Gasteiger partial charge in [0.1, 0.15) is 5.75 Å². The average Bonchev–Trinajstić information content (AvgIpc) is 2.47. The molecule has 0 radical (unpaired) electrons. The van der Waals surface area contributed by atoms with Gasteiger partial charge in [-0.25, -0.2) is 0 Å². The fraction of sp³-hybridized carbons (Fsp3) is 0.0769. The molecule has 0 aliphatic carbocycles. The van der Waals surface area contributed by atoms with Crippen LogP contribution < -0.4 is 9.26 Å². The Bertz CT molecular complexity index is 693. The number of rotatable bonds is 5. The van der Waals surface area contributed by atoms with Crippen LogP contribution in [0.2, 0.25) is 0 Å². The van der Waals surface area contributed by atoms with Crippen molar-refractivity contribution in [1.29, 1.82) is 0 Å². The number of benzene rings is 2. The zero-order valence-corrected chi connectivity index (χ0v) is 11.3. The van der Waals surface area contributed by atoms with E-state index in [0.717, 1.165) is 24.3 Å². The van der Waals surface area contributed by atoms with Crippen molar-refractivity contribution in [2.45, 2.75) is 5.44 Å². The summed E-state index contributed by atoms with van der Waals surface area (Å²) in [4.78, 5) is 0. The lowest BCUT2D eigenvalue weighted by Gasteiger charge is -2.21. The second-order valence-corrected chi connectivity index (χ2v) is 5.68. The molecule has 0 amide bonds. The molecular formula is C13H10F3NO3S. The van der Waals surface area contributed by atoms with Gasteiger partial charge in [-0.1, -0.05) is 45.4 Å². The van der Waals surface area contributed by atoms with E-state index in [1.54, 1.807) is 0 Å². The molecule has 8 heteroatoms. The summed E-state index contributed by atoms with van der Waals surface area (Å²) in [5.41, 5.74) is -5.30. The normalized spacial score (nSPS) is 12.0. The summed E-state index contributed by atoms with van der Waals surface area (Å²) in [7, 11) is -5.68. The second-order valence-electron chi connectivity index (χ2n) is 3.93. The Kier molecular flexibility index (Phi) is 4.08. The maximum absolute atomic E-state index is 13.8. The van der Waals surface area contributed by atoms with Gasteiger partial charge in [-0.15, -0.1) is 8.78 Å². The first-order valence-corrected chi connectivity index (χ1v) is 7.16. The number of nitrogens with zero attached hydrogens (tertiary/aromatic N) is 1.